The number of sulfonamides is 1. The third-order valence-corrected chi connectivity index (χ3v) is 6.01. The Hall–Kier alpha value is -1.02. The first-order valence-corrected chi connectivity index (χ1v) is 8.32. The van der Waals surface area contributed by atoms with Gasteiger partial charge in [-0.2, -0.15) is 4.31 Å². The first kappa shape index (κ1) is 16.4. The number of rotatable bonds is 3. The van der Waals surface area contributed by atoms with E-state index in [9.17, 15) is 12.8 Å². The van der Waals surface area contributed by atoms with Gasteiger partial charge in [-0.3, -0.25) is 4.90 Å². The minimum absolute atomic E-state index is 0.179. The van der Waals surface area contributed by atoms with Crippen LogP contribution in [0.5, 0.6) is 0 Å². The van der Waals surface area contributed by atoms with E-state index in [1.165, 1.54) is 16.4 Å². The van der Waals surface area contributed by atoms with E-state index in [4.69, 9.17) is 5.73 Å². The molecule has 2 N–H and O–H groups in total. The van der Waals surface area contributed by atoms with Crippen LogP contribution in [-0.4, -0.2) is 49.8 Å². The molecule has 0 aromatic heterocycles. The first-order chi connectivity index (χ1) is 9.68. The SMILES string of the molecule is CN1CCN(S(=O)(=O)c2ccc(CN)cc2F)CC1(C)C. The molecule has 1 aliphatic heterocycles. The van der Waals surface area contributed by atoms with Crippen LogP contribution in [0.2, 0.25) is 0 Å². The van der Waals surface area contributed by atoms with Gasteiger partial charge in [-0.15, -0.1) is 0 Å². The van der Waals surface area contributed by atoms with Gasteiger partial charge < -0.3 is 5.73 Å². The maximum atomic E-state index is 14.1. The summed E-state index contributed by atoms with van der Waals surface area (Å²) >= 11 is 0. The number of nitrogens with zero attached hydrogens (tertiary/aromatic N) is 2. The second-order valence-electron chi connectivity index (χ2n) is 6.04. The lowest BCUT2D eigenvalue weighted by molar-refractivity contribution is 0.0800. The number of piperazine rings is 1. The normalized spacial score (nSPS) is 20.6. The third-order valence-electron chi connectivity index (χ3n) is 4.13. The van der Waals surface area contributed by atoms with Crippen molar-refractivity contribution in [3.63, 3.8) is 0 Å². The fraction of sp³-hybridized carbons (Fsp3) is 0.571. The third kappa shape index (κ3) is 3.11. The molecule has 0 atom stereocenters. The summed E-state index contributed by atoms with van der Waals surface area (Å²) in [6.07, 6.45) is 0. The number of hydrogen-bond acceptors (Lipinski definition) is 4. The maximum absolute atomic E-state index is 14.1. The van der Waals surface area contributed by atoms with E-state index in [1.54, 1.807) is 6.07 Å². The molecule has 0 spiro atoms. The Labute approximate surface area is 125 Å². The number of benzene rings is 1. The van der Waals surface area contributed by atoms with Crippen molar-refractivity contribution in [2.24, 2.45) is 5.73 Å². The Morgan fingerprint density at radius 1 is 1.33 bits per heavy atom. The zero-order valence-electron chi connectivity index (χ0n) is 12.6. The zero-order valence-corrected chi connectivity index (χ0v) is 13.5. The van der Waals surface area contributed by atoms with Crippen LogP contribution in [0.15, 0.2) is 23.1 Å². The van der Waals surface area contributed by atoms with Gasteiger partial charge in [0, 0.05) is 31.7 Å². The highest BCUT2D eigenvalue weighted by molar-refractivity contribution is 7.89. The molecule has 1 fully saturated rings. The molecule has 1 aliphatic rings. The van der Waals surface area contributed by atoms with Crippen molar-refractivity contribution in [2.45, 2.75) is 30.8 Å². The van der Waals surface area contributed by atoms with Crippen LogP contribution in [-0.2, 0) is 16.6 Å². The second kappa shape index (κ2) is 5.64. The van der Waals surface area contributed by atoms with Gasteiger partial charge in [-0.25, -0.2) is 12.8 Å². The van der Waals surface area contributed by atoms with Crippen LogP contribution in [0.1, 0.15) is 19.4 Å². The van der Waals surface area contributed by atoms with Crippen molar-refractivity contribution in [1.82, 2.24) is 9.21 Å². The molecule has 2 rings (SSSR count). The fourth-order valence-electron chi connectivity index (χ4n) is 2.42. The minimum atomic E-state index is -3.82. The maximum Gasteiger partial charge on any atom is 0.246 e. The molecule has 1 heterocycles. The van der Waals surface area contributed by atoms with Gasteiger partial charge in [0.2, 0.25) is 10.0 Å². The molecule has 0 amide bonds. The molecule has 1 saturated heterocycles. The summed E-state index contributed by atoms with van der Waals surface area (Å²) < 4.78 is 40.7. The lowest BCUT2D eigenvalue weighted by Crippen LogP contribution is -2.58. The molecular formula is C14H22FN3O2S. The van der Waals surface area contributed by atoms with Crippen LogP contribution in [0.3, 0.4) is 0 Å². The highest BCUT2D eigenvalue weighted by Gasteiger charge is 2.38. The molecule has 118 valence electrons. The summed E-state index contributed by atoms with van der Waals surface area (Å²) in [5.41, 5.74) is 5.73. The summed E-state index contributed by atoms with van der Waals surface area (Å²) in [5, 5.41) is 0. The molecule has 5 nitrogen and oxygen atoms in total. The minimum Gasteiger partial charge on any atom is -0.326 e. The van der Waals surface area contributed by atoms with Crippen LogP contribution in [0, 0.1) is 5.82 Å². The number of halogens is 1. The van der Waals surface area contributed by atoms with E-state index in [0.29, 0.717) is 25.2 Å². The smallest absolute Gasteiger partial charge is 0.246 e. The standard InChI is InChI=1S/C14H22FN3O2S/c1-14(2)10-18(7-6-17(14)3)21(19,20)13-5-4-11(9-16)8-12(13)15/h4-5,8H,6-7,9-10,16H2,1-3H3. The average molecular weight is 315 g/mol. The highest BCUT2D eigenvalue weighted by atomic mass is 32.2. The second-order valence-corrected chi connectivity index (χ2v) is 7.95. The lowest BCUT2D eigenvalue weighted by atomic mass is 10.0. The summed E-state index contributed by atoms with van der Waals surface area (Å²) in [6.45, 7) is 5.45. The van der Waals surface area contributed by atoms with E-state index < -0.39 is 15.8 Å². The summed E-state index contributed by atoms with van der Waals surface area (Å²) in [5.74, 6) is -0.741. The van der Waals surface area contributed by atoms with Crippen LogP contribution in [0.4, 0.5) is 4.39 Å². The largest absolute Gasteiger partial charge is 0.326 e. The first-order valence-electron chi connectivity index (χ1n) is 6.88. The molecule has 0 saturated carbocycles. The lowest BCUT2D eigenvalue weighted by Gasteiger charge is -2.44. The van der Waals surface area contributed by atoms with E-state index in [1.807, 2.05) is 20.9 Å². The number of likely N-dealkylation sites (N-methyl/N-ethyl adjacent to an activating group) is 1. The Morgan fingerprint density at radius 2 is 2.00 bits per heavy atom. The van der Waals surface area contributed by atoms with E-state index in [0.717, 1.165) is 0 Å². The zero-order chi connectivity index (χ0) is 15.8. The van der Waals surface area contributed by atoms with E-state index >= 15 is 0 Å². The average Bonchev–Trinajstić information content (AvgIpc) is 2.41. The molecule has 1 aromatic carbocycles. The van der Waals surface area contributed by atoms with Gasteiger partial charge in [-0.05, 0) is 38.6 Å². The van der Waals surface area contributed by atoms with Crippen molar-refractivity contribution < 1.29 is 12.8 Å². The Bertz CT molecular complexity index is 631. The van der Waals surface area contributed by atoms with Gasteiger partial charge in [0.1, 0.15) is 10.7 Å². The topological polar surface area (TPSA) is 66.6 Å². The van der Waals surface area contributed by atoms with Crippen LogP contribution < -0.4 is 5.73 Å². The van der Waals surface area contributed by atoms with Gasteiger partial charge in [0.05, 0.1) is 0 Å². The molecule has 1 aromatic rings. The van der Waals surface area contributed by atoms with Gasteiger partial charge in [-0.1, -0.05) is 6.07 Å². The predicted molar refractivity (Wildman–Crippen MR) is 79.8 cm³/mol. The highest BCUT2D eigenvalue weighted by Crippen LogP contribution is 2.26. The molecule has 0 bridgehead atoms. The molecule has 0 unspecified atom stereocenters. The molecule has 21 heavy (non-hydrogen) atoms. The van der Waals surface area contributed by atoms with Crippen molar-refractivity contribution in [3.05, 3.63) is 29.6 Å². The molecule has 0 aliphatic carbocycles. The monoisotopic (exact) mass is 315 g/mol. The fourth-order valence-corrected chi connectivity index (χ4v) is 4.05. The van der Waals surface area contributed by atoms with Gasteiger partial charge in [0.25, 0.3) is 0 Å². The Morgan fingerprint density at radius 3 is 2.52 bits per heavy atom. The number of nitrogens with two attached hydrogens (primary N) is 1. The summed E-state index contributed by atoms with van der Waals surface area (Å²) in [6, 6.07) is 4.05. The van der Waals surface area contributed by atoms with Crippen LogP contribution in [0.25, 0.3) is 0 Å². The van der Waals surface area contributed by atoms with Crippen molar-refractivity contribution >= 4 is 10.0 Å². The molecule has 0 radical (unpaired) electrons. The molecule has 7 heteroatoms. The quantitative estimate of drug-likeness (QED) is 0.903. The number of hydrogen-bond donors (Lipinski definition) is 1. The van der Waals surface area contributed by atoms with Crippen molar-refractivity contribution in [1.29, 1.82) is 0 Å². The Balaban J connectivity index is 2.35. The van der Waals surface area contributed by atoms with E-state index in [-0.39, 0.29) is 17.0 Å². The van der Waals surface area contributed by atoms with Gasteiger partial charge in [0.15, 0.2) is 0 Å². The Kier molecular flexibility index (Phi) is 4.39. The van der Waals surface area contributed by atoms with E-state index in [2.05, 4.69) is 4.90 Å². The van der Waals surface area contributed by atoms with Gasteiger partial charge >= 0.3 is 0 Å². The summed E-state index contributed by atoms with van der Waals surface area (Å²) in [4.78, 5) is 1.83. The predicted octanol–water partition coefficient (Wildman–Crippen LogP) is 0.999. The van der Waals surface area contributed by atoms with Crippen molar-refractivity contribution in [2.75, 3.05) is 26.7 Å². The molecular weight excluding hydrogens is 293 g/mol. The summed E-state index contributed by atoms with van der Waals surface area (Å²) in [7, 11) is -1.86. The van der Waals surface area contributed by atoms with Crippen LogP contribution >= 0.6 is 0 Å². The van der Waals surface area contributed by atoms with Crippen molar-refractivity contribution in [3.8, 4) is 0 Å².